The maximum Gasteiger partial charge on any atom is 0.0428 e. The van der Waals surface area contributed by atoms with E-state index >= 15 is 0 Å². The molecule has 0 bridgehead atoms. The molecule has 3 heteroatoms. The van der Waals surface area contributed by atoms with Crippen LogP contribution in [0.25, 0.3) is 0 Å². The van der Waals surface area contributed by atoms with Crippen molar-refractivity contribution in [2.24, 2.45) is 0 Å². The molecule has 2 nitrogen and oxygen atoms in total. The van der Waals surface area contributed by atoms with Gasteiger partial charge >= 0.3 is 0 Å². The topological polar surface area (TPSA) is 15.3 Å². The monoisotopic (exact) mass is 352 g/mol. The van der Waals surface area contributed by atoms with Gasteiger partial charge in [-0.3, -0.25) is 0 Å². The summed E-state index contributed by atoms with van der Waals surface area (Å²) in [7, 11) is 0. The number of hydrogen-bond acceptors (Lipinski definition) is 2. The van der Waals surface area contributed by atoms with Crippen molar-refractivity contribution in [3.8, 4) is 0 Å². The van der Waals surface area contributed by atoms with Gasteiger partial charge in [0.05, 0.1) is 0 Å². The Kier molecular flexibility index (Phi) is 5.37. The number of halogens is 1. The quantitative estimate of drug-likeness (QED) is 0.810. The Morgan fingerprint density at radius 2 is 2.00 bits per heavy atom. The molecule has 0 aromatic heterocycles. The molecule has 2 rings (SSSR count). The van der Waals surface area contributed by atoms with Crippen LogP contribution in [0.2, 0.25) is 0 Å². The summed E-state index contributed by atoms with van der Waals surface area (Å²) in [5.41, 5.74) is 2.95. The van der Waals surface area contributed by atoms with Crippen LogP contribution >= 0.6 is 15.9 Å². The summed E-state index contributed by atoms with van der Waals surface area (Å²) < 4.78 is 1.17. The first-order valence-corrected chi connectivity index (χ1v) is 8.93. The van der Waals surface area contributed by atoms with E-state index < -0.39 is 0 Å². The van der Waals surface area contributed by atoms with Crippen molar-refractivity contribution < 1.29 is 0 Å². The molecule has 0 aliphatic carbocycles. The van der Waals surface area contributed by atoms with Gasteiger partial charge in [0.1, 0.15) is 0 Å². The van der Waals surface area contributed by atoms with Gasteiger partial charge in [0.25, 0.3) is 0 Å². The van der Waals surface area contributed by atoms with E-state index in [0.717, 1.165) is 6.54 Å². The van der Waals surface area contributed by atoms with Crippen LogP contribution in [-0.4, -0.2) is 17.6 Å². The fraction of sp³-hybridized carbons (Fsp3) is 0.667. The molecule has 1 heterocycles. The molecule has 1 aliphatic heterocycles. The van der Waals surface area contributed by atoms with E-state index in [9.17, 15) is 0 Å². The highest BCUT2D eigenvalue weighted by atomic mass is 79.9. The van der Waals surface area contributed by atoms with Gasteiger partial charge in [0.15, 0.2) is 0 Å². The molecular weight excluding hydrogens is 324 g/mol. The Hall–Kier alpha value is -0.540. The molecule has 0 amide bonds. The zero-order valence-corrected chi connectivity index (χ0v) is 15.6. The third-order valence-corrected chi connectivity index (χ3v) is 4.89. The average molecular weight is 353 g/mol. The number of nitrogens with zero attached hydrogens (tertiary/aromatic N) is 1. The summed E-state index contributed by atoms with van der Waals surface area (Å²) in [6, 6.07) is 8.03. The van der Waals surface area contributed by atoms with Gasteiger partial charge in [-0.05, 0) is 64.7 Å². The lowest BCUT2D eigenvalue weighted by Crippen LogP contribution is -2.38. The molecule has 2 atom stereocenters. The fourth-order valence-electron chi connectivity index (χ4n) is 3.19. The highest BCUT2D eigenvalue weighted by molar-refractivity contribution is 9.10. The summed E-state index contributed by atoms with van der Waals surface area (Å²) in [5, 5.41) is 3.63. The lowest BCUT2D eigenvalue weighted by molar-refractivity contribution is 0.424. The lowest BCUT2D eigenvalue weighted by Gasteiger charge is -2.33. The second kappa shape index (κ2) is 6.70. The van der Waals surface area contributed by atoms with Crippen molar-refractivity contribution >= 4 is 21.6 Å². The Labute approximate surface area is 138 Å². The SMILES string of the molecule is CCC1CCC(C)N1c1cc(Br)ccc1CNC(C)(C)C. The number of anilines is 1. The molecule has 1 aliphatic rings. The number of rotatable bonds is 4. The third kappa shape index (κ3) is 4.23. The largest absolute Gasteiger partial charge is 0.366 e. The first-order chi connectivity index (χ1) is 9.81. The molecule has 1 aromatic carbocycles. The number of benzene rings is 1. The van der Waals surface area contributed by atoms with Gasteiger partial charge < -0.3 is 10.2 Å². The van der Waals surface area contributed by atoms with E-state index in [-0.39, 0.29) is 5.54 Å². The van der Waals surface area contributed by atoms with Crippen LogP contribution in [0.3, 0.4) is 0 Å². The predicted octanol–water partition coefficient (Wildman–Crippen LogP) is 5.10. The minimum atomic E-state index is 0.144. The first-order valence-electron chi connectivity index (χ1n) is 8.13. The maximum absolute atomic E-state index is 3.65. The van der Waals surface area contributed by atoms with Gasteiger partial charge in [0.2, 0.25) is 0 Å². The summed E-state index contributed by atoms with van der Waals surface area (Å²) in [5.74, 6) is 0. The molecule has 0 spiro atoms. The second-order valence-electron chi connectivity index (χ2n) is 7.27. The smallest absolute Gasteiger partial charge is 0.0428 e. The fourth-order valence-corrected chi connectivity index (χ4v) is 3.54. The predicted molar refractivity (Wildman–Crippen MR) is 96.0 cm³/mol. The molecule has 118 valence electrons. The normalized spacial score (nSPS) is 22.9. The zero-order valence-electron chi connectivity index (χ0n) is 14.0. The van der Waals surface area contributed by atoms with Crippen LogP contribution in [0.1, 0.15) is 59.4 Å². The summed E-state index contributed by atoms with van der Waals surface area (Å²) in [6.07, 6.45) is 3.84. The van der Waals surface area contributed by atoms with Crippen LogP contribution in [0.4, 0.5) is 5.69 Å². The minimum absolute atomic E-state index is 0.144. The van der Waals surface area contributed by atoms with E-state index in [2.05, 4.69) is 79.0 Å². The van der Waals surface area contributed by atoms with Gasteiger partial charge in [-0.1, -0.05) is 28.9 Å². The van der Waals surface area contributed by atoms with Crippen LogP contribution in [0, 0.1) is 0 Å². The molecule has 0 radical (unpaired) electrons. The Balaban J connectivity index is 2.30. The molecule has 21 heavy (non-hydrogen) atoms. The minimum Gasteiger partial charge on any atom is -0.366 e. The standard InChI is InChI=1S/C18H29BrN2/c1-6-16-10-7-13(2)21(16)17-11-15(19)9-8-14(17)12-20-18(3,4)5/h8-9,11,13,16,20H,6-7,10,12H2,1-5H3. The van der Waals surface area contributed by atoms with Crippen molar-refractivity contribution in [3.05, 3.63) is 28.2 Å². The van der Waals surface area contributed by atoms with Crippen LogP contribution in [0.15, 0.2) is 22.7 Å². The molecule has 2 unspecified atom stereocenters. The Morgan fingerprint density at radius 1 is 1.29 bits per heavy atom. The van der Waals surface area contributed by atoms with E-state index in [0.29, 0.717) is 12.1 Å². The van der Waals surface area contributed by atoms with Crippen molar-refractivity contribution in [1.29, 1.82) is 0 Å². The third-order valence-electron chi connectivity index (χ3n) is 4.39. The van der Waals surface area contributed by atoms with E-state index in [1.54, 1.807) is 0 Å². The Morgan fingerprint density at radius 3 is 2.62 bits per heavy atom. The number of nitrogens with one attached hydrogen (secondary N) is 1. The zero-order chi connectivity index (χ0) is 15.6. The second-order valence-corrected chi connectivity index (χ2v) is 8.19. The van der Waals surface area contributed by atoms with E-state index in [1.165, 1.54) is 35.0 Å². The maximum atomic E-state index is 3.65. The number of hydrogen-bond donors (Lipinski definition) is 1. The summed E-state index contributed by atoms with van der Waals surface area (Å²) in [6.45, 7) is 12.3. The summed E-state index contributed by atoms with van der Waals surface area (Å²) >= 11 is 3.65. The van der Waals surface area contributed by atoms with Crippen molar-refractivity contribution in [3.63, 3.8) is 0 Å². The molecule has 1 N–H and O–H groups in total. The molecule has 1 aromatic rings. The lowest BCUT2D eigenvalue weighted by atomic mass is 10.1. The van der Waals surface area contributed by atoms with E-state index in [4.69, 9.17) is 0 Å². The van der Waals surface area contributed by atoms with Crippen molar-refractivity contribution in [2.45, 2.75) is 78.0 Å². The van der Waals surface area contributed by atoms with Crippen LogP contribution in [-0.2, 0) is 6.54 Å². The first kappa shape index (κ1) is 16.8. The van der Waals surface area contributed by atoms with Gasteiger partial charge in [-0.25, -0.2) is 0 Å². The molecular formula is C18H29BrN2. The van der Waals surface area contributed by atoms with Crippen LogP contribution < -0.4 is 10.2 Å². The Bertz CT molecular complexity index is 479. The summed E-state index contributed by atoms with van der Waals surface area (Å²) in [4.78, 5) is 2.64. The highest BCUT2D eigenvalue weighted by Gasteiger charge is 2.30. The molecule has 1 fully saturated rings. The van der Waals surface area contributed by atoms with Gasteiger partial charge in [-0.15, -0.1) is 0 Å². The highest BCUT2D eigenvalue weighted by Crippen LogP contribution is 2.36. The van der Waals surface area contributed by atoms with Crippen molar-refractivity contribution in [2.75, 3.05) is 4.90 Å². The molecule has 1 saturated heterocycles. The van der Waals surface area contributed by atoms with Gasteiger partial charge in [-0.2, -0.15) is 0 Å². The van der Waals surface area contributed by atoms with Crippen molar-refractivity contribution in [1.82, 2.24) is 5.32 Å². The van der Waals surface area contributed by atoms with E-state index in [1.807, 2.05) is 0 Å². The van der Waals surface area contributed by atoms with Gasteiger partial charge in [0, 0.05) is 34.3 Å². The van der Waals surface area contributed by atoms with Crippen LogP contribution in [0.5, 0.6) is 0 Å². The average Bonchev–Trinajstić information content (AvgIpc) is 2.77. The molecule has 0 saturated carbocycles.